The summed E-state index contributed by atoms with van der Waals surface area (Å²) in [5, 5.41) is 3.64. The number of rotatable bonds is 6. The number of carbonyl (C=O) groups is 2. The molecule has 1 saturated carbocycles. The monoisotopic (exact) mass is 487 g/mol. The maximum absolute atomic E-state index is 13.1. The largest absolute Gasteiger partial charge is 0.385 e. The van der Waals surface area contributed by atoms with E-state index in [2.05, 4.69) is 10.3 Å². The molecule has 2 N–H and O–H groups in total. The molecule has 0 atom stereocenters. The van der Waals surface area contributed by atoms with Gasteiger partial charge in [-0.25, -0.2) is 4.79 Å². The molecule has 2 aliphatic rings. The first-order chi connectivity index (χ1) is 16.5. The van der Waals surface area contributed by atoms with E-state index in [-0.39, 0.29) is 23.5 Å². The van der Waals surface area contributed by atoms with Gasteiger partial charge < -0.3 is 24.8 Å². The first kappa shape index (κ1) is 24.4. The minimum atomic E-state index is -0.175. The number of fused-ring (bicyclic) bond motifs is 1. The molecule has 1 saturated heterocycles. The molecule has 1 aromatic heterocycles. The van der Waals surface area contributed by atoms with Gasteiger partial charge in [-0.2, -0.15) is 0 Å². The number of carbonyl (C=O) groups excluding carboxylic acids is 2. The van der Waals surface area contributed by atoms with Crippen LogP contribution in [0.15, 0.2) is 23.0 Å². The molecule has 10 heteroatoms. The maximum Gasteiger partial charge on any atom is 0.317 e. The predicted octanol–water partition coefficient (Wildman–Crippen LogP) is 2.90. The Labute approximate surface area is 204 Å². The summed E-state index contributed by atoms with van der Waals surface area (Å²) in [4.78, 5) is 45.2. The summed E-state index contributed by atoms with van der Waals surface area (Å²) in [6, 6.07) is 5.30. The van der Waals surface area contributed by atoms with Crippen LogP contribution >= 0.6 is 12.2 Å². The fourth-order valence-electron chi connectivity index (χ4n) is 4.77. The number of methoxy groups -OCH3 is 1. The van der Waals surface area contributed by atoms with E-state index >= 15 is 0 Å². The third-order valence-corrected chi connectivity index (χ3v) is 7.07. The van der Waals surface area contributed by atoms with Crippen molar-refractivity contribution in [3.63, 3.8) is 0 Å². The van der Waals surface area contributed by atoms with Crippen molar-refractivity contribution >= 4 is 35.1 Å². The molecule has 1 aromatic carbocycles. The number of nitrogens with zero attached hydrogens (tertiary/aromatic N) is 3. The first-order valence-corrected chi connectivity index (χ1v) is 12.5. The van der Waals surface area contributed by atoms with Crippen molar-refractivity contribution < 1.29 is 14.3 Å². The quantitative estimate of drug-likeness (QED) is 0.482. The number of H-pyrrole nitrogens is 1. The van der Waals surface area contributed by atoms with Crippen LogP contribution in [0.4, 0.5) is 4.79 Å². The van der Waals surface area contributed by atoms with Gasteiger partial charge in [0.15, 0.2) is 4.77 Å². The molecule has 0 spiro atoms. The number of nitrogens with one attached hydrogen (secondary N) is 2. The molecule has 3 amide bonds. The van der Waals surface area contributed by atoms with Gasteiger partial charge in [-0.3, -0.25) is 14.2 Å². The third kappa shape index (κ3) is 5.50. The summed E-state index contributed by atoms with van der Waals surface area (Å²) in [7, 11) is 1.62. The minimum absolute atomic E-state index is 0.0287. The highest BCUT2D eigenvalue weighted by Gasteiger charge is 2.26. The fraction of sp³-hybridized carbons (Fsp3) is 0.583. The first-order valence-electron chi connectivity index (χ1n) is 12.1. The van der Waals surface area contributed by atoms with Crippen molar-refractivity contribution in [2.45, 2.75) is 51.1 Å². The Hall–Kier alpha value is -2.72. The second-order valence-corrected chi connectivity index (χ2v) is 9.44. The number of ether oxygens (including phenoxy) is 1. The molecule has 34 heavy (non-hydrogen) atoms. The van der Waals surface area contributed by atoms with Crippen molar-refractivity contribution in [2.24, 2.45) is 0 Å². The second-order valence-electron chi connectivity index (χ2n) is 9.06. The lowest BCUT2D eigenvalue weighted by atomic mass is 9.96. The van der Waals surface area contributed by atoms with E-state index in [9.17, 15) is 14.4 Å². The zero-order valence-electron chi connectivity index (χ0n) is 19.7. The van der Waals surface area contributed by atoms with E-state index in [1.807, 2.05) is 0 Å². The van der Waals surface area contributed by atoms with E-state index < -0.39 is 0 Å². The number of urea groups is 1. The molecule has 2 fully saturated rings. The smallest absolute Gasteiger partial charge is 0.317 e. The van der Waals surface area contributed by atoms with E-state index in [0.29, 0.717) is 67.0 Å². The highest BCUT2D eigenvalue weighted by Crippen LogP contribution is 2.18. The van der Waals surface area contributed by atoms with Gasteiger partial charge in [0, 0.05) is 58.0 Å². The second kappa shape index (κ2) is 11.1. The van der Waals surface area contributed by atoms with Crippen LogP contribution in [0.1, 0.15) is 48.9 Å². The van der Waals surface area contributed by atoms with Gasteiger partial charge in [0.2, 0.25) is 0 Å². The van der Waals surface area contributed by atoms with Crippen LogP contribution in [-0.4, -0.2) is 77.2 Å². The molecule has 4 rings (SSSR count). The number of aromatic nitrogens is 2. The maximum atomic E-state index is 13.1. The van der Waals surface area contributed by atoms with Crippen LogP contribution in [0.25, 0.3) is 10.9 Å². The zero-order valence-corrected chi connectivity index (χ0v) is 20.5. The van der Waals surface area contributed by atoms with Crippen molar-refractivity contribution in [2.75, 3.05) is 39.9 Å². The van der Waals surface area contributed by atoms with Gasteiger partial charge in [0.25, 0.3) is 11.5 Å². The van der Waals surface area contributed by atoms with Crippen LogP contribution in [-0.2, 0) is 11.3 Å². The van der Waals surface area contributed by atoms with Crippen LogP contribution in [0.2, 0.25) is 0 Å². The van der Waals surface area contributed by atoms with Crippen molar-refractivity contribution in [3.05, 3.63) is 38.9 Å². The van der Waals surface area contributed by atoms with E-state index in [1.165, 1.54) is 23.8 Å². The Balaban J connectivity index is 1.40. The Bertz CT molecular complexity index is 1150. The summed E-state index contributed by atoms with van der Waals surface area (Å²) >= 11 is 5.37. The molecule has 0 radical (unpaired) electrons. The average molecular weight is 488 g/mol. The van der Waals surface area contributed by atoms with Crippen molar-refractivity contribution in [3.8, 4) is 0 Å². The SMILES string of the molecule is COCCCn1c(=S)[nH]c2cc(C(=O)N3CCN(C(=O)NC4CCCCC4)CC3)ccc2c1=O. The number of hydrogen-bond acceptors (Lipinski definition) is 5. The van der Waals surface area contributed by atoms with Crippen LogP contribution < -0.4 is 10.9 Å². The lowest BCUT2D eigenvalue weighted by Gasteiger charge is -2.36. The highest BCUT2D eigenvalue weighted by atomic mass is 32.1. The van der Waals surface area contributed by atoms with Crippen LogP contribution in [0, 0.1) is 4.77 Å². The van der Waals surface area contributed by atoms with E-state index in [4.69, 9.17) is 17.0 Å². The molecule has 0 bridgehead atoms. The third-order valence-electron chi connectivity index (χ3n) is 6.75. The minimum Gasteiger partial charge on any atom is -0.385 e. The molecular weight excluding hydrogens is 454 g/mol. The average Bonchev–Trinajstić information content (AvgIpc) is 2.86. The van der Waals surface area contributed by atoms with Gasteiger partial charge in [0.05, 0.1) is 10.9 Å². The molecule has 184 valence electrons. The number of hydrogen-bond donors (Lipinski definition) is 2. The van der Waals surface area contributed by atoms with Crippen molar-refractivity contribution in [1.82, 2.24) is 24.7 Å². The van der Waals surface area contributed by atoms with Crippen molar-refractivity contribution in [1.29, 1.82) is 0 Å². The molecule has 2 aromatic rings. The number of piperazine rings is 1. The Kier molecular flexibility index (Phi) is 7.99. The fourth-order valence-corrected chi connectivity index (χ4v) is 5.05. The summed E-state index contributed by atoms with van der Waals surface area (Å²) in [5.41, 5.74) is 0.871. The lowest BCUT2D eigenvalue weighted by Crippen LogP contribution is -2.54. The Morgan fingerprint density at radius 3 is 2.53 bits per heavy atom. The van der Waals surface area contributed by atoms with Gasteiger partial charge in [-0.15, -0.1) is 0 Å². The van der Waals surface area contributed by atoms with Crippen LogP contribution in [0.5, 0.6) is 0 Å². The molecule has 0 unspecified atom stereocenters. The van der Waals surface area contributed by atoms with E-state index in [0.717, 1.165) is 12.8 Å². The highest BCUT2D eigenvalue weighted by molar-refractivity contribution is 7.71. The Morgan fingerprint density at radius 2 is 1.82 bits per heavy atom. The number of amides is 3. The zero-order chi connectivity index (χ0) is 24.1. The standard InChI is InChI=1S/C24H33N5O4S/c1-33-15-5-10-29-22(31)19-9-8-17(16-20(19)26-24(29)34)21(30)27-11-13-28(14-12-27)23(32)25-18-6-3-2-4-7-18/h8-9,16,18H,2-7,10-15H2,1H3,(H,25,32)(H,26,34). The van der Waals surface area contributed by atoms with Gasteiger partial charge >= 0.3 is 6.03 Å². The molecule has 1 aliphatic heterocycles. The summed E-state index contributed by atoms with van der Waals surface area (Å²) in [5.74, 6) is -0.113. The predicted molar refractivity (Wildman–Crippen MR) is 133 cm³/mol. The Morgan fingerprint density at radius 1 is 1.12 bits per heavy atom. The summed E-state index contributed by atoms with van der Waals surface area (Å²) in [6.45, 7) is 2.98. The van der Waals surface area contributed by atoms with Crippen LogP contribution in [0.3, 0.4) is 0 Å². The van der Waals surface area contributed by atoms with E-state index in [1.54, 1.807) is 35.1 Å². The number of aromatic amines is 1. The van der Waals surface area contributed by atoms with Gasteiger partial charge in [-0.1, -0.05) is 19.3 Å². The summed E-state index contributed by atoms with van der Waals surface area (Å²) in [6.07, 6.45) is 6.37. The topological polar surface area (TPSA) is 99.7 Å². The molecule has 9 nitrogen and oxygen atoms in total. The number of benzene rings is 1. The molecule has 2 heterocycles. The molecule has 1 aliphatic carbocycles. The normalized spacial score (nSPS) is 17.2. The molecular formula is C24H33N5O4S. The lowest BCUT2D eigenvalue weighted by molar-refractivity contribution is 0.0662. The van der Waals surface area contributed by atoms with Gasteiger partial charge in [0.1, 0.15) is 0 Å². The summed E-state index contributed by atoms with van der Waals surface area (Å²) < 4.78 is 6.91. The van der Waals surface area contributed by atoms with Gasteiger partial charge in [-0.05, 0) is 49.7 Å².